The summed E-state index contributed by atoms with van der Waals surface area (Å²) in [4.78, 5) is 0. The summed E-state index contributed by atoms with van der Waals surface area (Å²) < 4.78 is 0. The average Bonchev–Trinajstić information content (AvgIpc) is 2.46. The molecule has 2 aromatic carbocycles. The van der Waals surface area contributed by atoms with Gasteiger partial charge in [0.05, 0.1) is 11.4 Å². The number of hydrogen-bond donors (Lipinski definition) is 1. The van der Waals surface area contributed by atoms with Gasteiger partial charge >= 0.3 is 0 Å². The highest BCUT2D eigenvalue weighted by molar-refractivity contribution is 5.55. The SMILES string of the molecule is CC(C)CC(C)N(Nc1ccccc1)c1ccccc1. The smallest absolute Gasteiger partial charge is 0.0575 e. The largest absolute Gasteiger partial charge is 0.298 e. The van der Waals surface area contributed by atoms with Crippen LogP contribution in [-0.4, -0.2) is 6.04 Å². The van der Waals surface area contributed by atoms with Crippen molar-refractivity contribution in [2.45, 2.75) is 33.2 Å². The molecular formula is C18H24N2. The van der Waals surface area contributed by atoms with E-state index in [0.29, 0.717) is 12.0 Å². The summed E-state index contributed by atoms with van der Waals surface area (Å²) in [5, 5.41) is 2.26. The van der Waals surface area contributed by atoms with Gasteiger partial charge in [-0.3, -0.25) is 10.4 Å². The maximum atomic E-state index is 3.53. The third-order valence-corrected chi connectivity index (χ3v) is 3.31. The van der Waals surface area contributed by atoms with E-state index < -0.39 is 0 Å². The molecule has 0 spiro atoms. The highest BCUT2D eigenvalue weighted by Gasteiger charge is 2.15. The van der Waals surface area contributed by atoms with Gasteiger partial charge in [0.25, 0.3) is 0 Å². The third kappa shape index (κ3) is 4.02. The molecule has 0 aliphatic rings. The summed E-state index contributed by atoms with van der Waals surface area (Å²) in [6.45, 7) is 6.80. The minimum atomic E-state index is 0.428. The Kier molecular flexibility index (Phi) is 5.05. The van der Waals surface area contributed by atoms with Crippen molar-refractivity contribution in [3.05, 3.63) is 60.7 Å². The summed E-state index contributed by atoms with van der Waals surface area (Å²) >= 11 is 0. The third-order valence-electron chi connectivity index (χ3n) is 3.31. The van der Waals surface area contributed by atoms with Crippen LogP contribution in [0, 0.1) is 5.92 Å². The lowest BCUT2D eigenvalue weighted by molar-refractivity contribution is 0.503. The van der Waals surface area contributed by atoms with Gasteiger partial charge in [-0.2, -0.15) is 0 Å². The number of para-hydroxylation sites is 2. The Balaban J connectivity index is 2.20. The number of benzene rings is 2. The van der Waals surface area contributed by atoms with Crippen LogP contribution in [0.3, 0.4) is 0 Å². The van der Waals surface area contributed by atoms with Crippen LogP contribution in [0.5, 0.6) is 0 Å². The summed E-state index contributed by atoms with van der Waals surface area (Å²) in [5.41, 5.74) is 5.85. The Morgan fingerprint density at radius 3 is 1.95 bits per heavy atom. The van der Waals surface area contributed by atoms with Crippen LogP contribution in [-0.2, 0) is 0 Å². The van der Waals surface area contributed by atoms with Gasteiger partial charge in [0, 0.05) is 6.04 Å². The first kappa shape index (κ1) is 14.4. The molecule has 0 saturated carbocycles. The van der Waals surface area contributed by atoms with Crippen LogP contribution in [0.1, 0.15) is 27.2 Å². The first-order valence-electron chi connectivity index (χ1n) is 7.33. The number of hydrazine groups is 1. The van der Waals surface area contributed by atoms with Crippen molar-refractivity contribution in [2.24, 2.45) is 5.92 Å². The van der Waals surface area contributed by atoms with Crippen LogP contribution in [0.15, 0.2) is 60.7 Å². The molecule has 2 heteroatoms. The van der Waals surface area contributed by atoms with Gasteiger partial charge in [0.1, 0.15) is 0 Å². The predicted octanol–water partition coefficient (Wildman–Crippen LogP) is 4.95. The van der Waals surface area contributed by atoms with Gasteiger partial charge in [-0.15, -0.1) is 0 Å². The molecule has 0 heterocycles. The maximum Gasteiger partial charge on any atom is 0.0575 e. The zero-order chi connectivity index (χ0) is 14.4. The molecule has 0 aliphatic heterocycles. The van der Waals surface area contributed by atoms with E-state index in [-0.39, 0.29) is 0 Å². The molecule has 0 radical (unpaired) electrons. The minimum Gasteiger partial charge on any atom is -0.298 e. The number of nitrogens with zero attached hydrogens (tertiary/aromatic N) is 1. The maximum absolute atomic E-state index is 3.53. The molecule has 0 saturated heterocycles. The molecule has 0 bridgehead atoms. The Morgan fingerprint density at radius 1 is 0.850 bits per heavy atom. The lowest BCUT2D eigenvalue weighted by Gasteiger charge is -2.33. The molecule has 1 atom stereocenters. The standard InChI is InChI=1S/C18H24N2/c1-15(2)14-16(3)20(18-12-8-5-9-13-18)19-17-10-6-4-7-11-17/h4-13,15-16,19H,14H2,1-3H3. The zero-order valence-electron chi connectivity index (χ0n) is 12.6. The van der Waals surface area contributed by atoms with Gasteiger partial charge in [-0.1, -0.05) is 50.2 Å². The summed E-state index contributed by atoms with van der Waals surface area (Å²) in [5.74, 6) is 0.675. The predicted molar refractivity (Wildman–Crippen MR) is 87.9 cm³/mol. The molecule has 1 unspecified atom stereocenters. The van der Waals surface area contributed by atoms with Crippen LogP contribution < -0.4 is 10.4 Å². The van der Waals surface area contributed by atoms with Crippen molar-refractivity contribution < 1.29 is 0 Å². The molecule has 20 heavy (non-hydrogen) atoms. The van der Waals surface area contributed by atoms with E-state index in [1.54, 1.807) is 0 Å². The monoisotopic (exact) mass is 268 g/mol. The normalized spacial score (nSPS) is 12.2. The van der Waals surface area contributed by atoms with Gasteiger partial charge in [0.2, 0.25) is 0 Å². The van der Waals surface area contributed by atoms with Gasteiger partial charge in [0.15, 0.2) is 0 Å². The van der Waals surface area contributed by atoms with E-state index in [1.165, 1.54) is 5.69 Å². The molecule has 0 aromatic heterocycles. The van der Waals surface area contributed by atoms with Crippen molar-refractivity contribution in [3.8, 4) is 0 Å². The average molecular weight is 268 g/mol. The topological polar surface area (TPSA) is 15.3 Å². The Hall–Kier alpha value is -1.96. The van der Waals surface area contributed by atoms with Crippen LogP contribution in [0.4, 0.5) is 11.4 Å². The van der Waals surface area contributed by atoms with Gasteiger partial charge in [-0.05, 0) is 43.5 Å². The molecule has 1 N–H and O–H groups in total. The number of hydrogen-bond acceptors (Lipinski definition) is 2. The Bertz CT molecular complexity index is 493. The van der Waals surface area contributed by atoms with E-state index in [9.17, 15) is 0 Å². The van der Waals surface area contributed by atoms with Crippen molar-refractivity contribution in [3.63, 3.8) is 0 Å². The highest BCUT2D eigenvalue weighted by Crippen LogP contribution is 2.21. The summed E-state index contributed by atoms with van der Waals surface area (Å²) in [6.07, 6.45) is 1.15. The van der Waals surface area contributed by atoms with E-state index in [0.717, 1.165) is 12.1 Å². The van der Waals surface area contributed by atoms with E-state index in [2.05, 4.69) is 85.8 Å². The number of rotatable bonds is 6. The second kappa shape index (κ2) is 6.99. The van der Waals surface area contributed by atoms with Crippen molar-refractivity contribution >= 4 is 11.4 Å². The van der Waals surface area contributed by atoms with Gasteiger partial charge < -0.3 is 0 Å². The summed E-state index contributed by atoms with van der Waals surface area (Å²) in [7, 11) is 0. The molecule has 2 rings (SSSR count). The minimum absolute atomic E-state index is 0.428. The molecule has 0 amide bonds. The van der Waals surface area contributed by atoms with E-state index >= 15 is 0 Å². The molecule has 106 valence electrons. The Morgan fingerprint density at radius 2 is 1.40 bits per heavy atom. The lowest BCUT2D eigenvalue weighted by Crippen LogP contribution is -2.39. The van der Waals surface area contributed by atoms with Crippen molar-refractivity contribution in [1.29, 1.82) is 0 Å². The van der Waals surface area contributed by atoms with E-state index in [1.807, 2.05) is 6.07 Å². The molecule has 0 fully saturated rings. The second-order valence-corrected chi connectivity index (χ2v) is 5.66. The second-order valence-electron chi connectivity index (χ2n) is 5.66. The fraction of sp³-hybridized carbons (Fsp3) is 0.333. The Labute approximate surface area is 122 Å². The molecule has 0 aliphatic carbocycles. The van der Waals surface area contributed by atoms with Gasteiger partial charge in [-0.25, -0.2) is 0 Å². The molecule has 2 aromatic rings. The van der Waals surface area contributed by atoms with Crippen LogP contribution >= 0.6 is 0 Å². The first-order chi connectivity index (χ1) is 9.66. The fourth-order valence-electron chi connectivity index (χ4n) is 2.46. The zero-order valence-corrected chi connectivity index (χ0v) is 12.6. The van der Waals surface area contributed by atoms with Crippen molar-refractivity contribution in [2.75, 3.05) is 10.4 Å². The lowest BCUT2D eigenvalue weighted by atomic mass is 10.0. The van der Waals surface area contributed by atoms with Crippen LogP contribution in [0.25, 0.3) is 0 Å². The van der Waals surface area contributed by atoms with E-state index in [4.69, 9.17) is 0 Å². The van der Waals surface area contributed by atoms with Crippen LogP contribution in [0.2, 0.25) is 0 Å². The first-order valence-corrected chi connectivity index (χ1v) is 7.33. The molecular weight excluding hydrogens is 244 g/mol. The summed E-state index contributed by atoms with van der Waals surface area (Å²) in [6, 6.07) is 21.3. The fourth-order valence-corrected chi connectivity index (χ4v) is 2.46. The van der Waals surface area contributed by atoms with Crippen molar-refractivity contribution in [1.82, 2.24) is 0 Å². The highest BCUT2D eigenvalue weighted by atomic mass is 15.5. The number of nitrogens with one attached hydrogen (secondary N) is 1. The number of anilines is 2. The molecule has 2 nitrogen and oxygen atoms in total. The quantitative estimate of drug-likeness (QED) is 0.745.